The molecule has 0 saturated carbocycles. The van der Waals surface area contributed by atoms with Gasteiger partial charge in [0.25, 0.3) is 0 Å². The summed E-state index contributed by atoms with van der Waals surface area (Å²) < 4.78 is 16.7. The zero-order chi connectivity index (χ0) is 18.1. The van der Waals surface area contributed by atoms with Crippen molar-refractivity contribution in [1.29, 1.82) is 0 Å². The second-order valence-electron chi connectivity index (χ2n) is 5.61. The summed E-state index contributed by atoms with van der Waals surface area (Å²) >= 11 is 0.904. The van der Waals surface area contributed by atoms with Gasteiger partial charge in [-0.25, -0.2) is 4.79 Å². The lowest BCUT2D eigenvalue weighted by molar-refractivity contribution is -0.244. The highest BCUT2D eigenvalue weighted by molar-refractivity contribution is 7.16. The zero-order valence-electron chi connectivity index (χ0n) is 13.1. The first-order chi connectivity index (χ1) is 11.9. The molecule has 1 aromatic heterocycles. The van der Waals surface area contributed by atoms with Crippen LogP contribution in [0, 0.1) is 0 Å². The number of rotatable bonds is 4. The number of benzene rings is 1. The number of hydrogen-bond acceptors (Lipinski definition) is 9. The maximum absolute atomic E-state index is 11.4. The van der Waals surface area contributed by atoms with Gasteiger partial charge in [-0.05, 0) is 12.1 Å². The van der Waals surface area contributed by atoms with E-state index < -0.39 is 48.1 Å². The lowest BCUT2D eigenvalue weighted by Gasteiger charge is -2.42. The summed E-state index contributed by atoms with van der Waals surface area (Å²) in [5.41, 5.74) is 0.411. The third-order valence-electron chi connectivity index (χ3n) is 3.80. The van der Waals surface area contributed by atoms with E-state index in [0.29, 0.717) is 16.0 Å². The Morgan fingerprint density at radius 3 is 2.80 bits per heavy atom. The van der Waals surface area contributed by atoms with Crippen molar-refractivity contribution in [2.75, 3.05) is 6.61 Å². The smallest absolute Gasteiger partial charge is 0.396 e. The van der Waals surface area contributed by atoms with Gasteiger partial charge in [0.15, 0.2) is 0 Å². The van der Waals surface area contributed by atoms with E-state index in [1.165, 1.54) is 13.0 Å². The molecule has 2 heterocycles. The Kier molecular flexibility index (Phi) is 5.06. The van der Waals surface area contributed by atoms with Crippen molar-refractivity contribution < 1.29 is 34.0 Å². The fourth-order valence-electron chi connectivity index (χ4n) is 2.63. The molecule has 1 aromatic carbocycles. The number of carbonyl (C=O) groups excluding carboxylic acids is 1. The topological polar surface area (TPSA) is 138 Å². The Bertz CT molecular complexity index is 817. The molecule has 136 valence electrons. The van der Waals surface area contributed by atoms with Crippen LogP contribution >= 0.6 is 11.3 Å². The molecule has 10 heteroatoms. The third-order valence-corrected chi connectivity index (χ3v) is 4.59. The molecule has 0 unspecified atom stereocenters. The lowest BCUT2D eigenvalue weighted by Crippen LogP contribution is -2.65. The maximum atomic E-state index is 11.4. The Morgan fingerprint density at radius 2 is 2.12 bits per heavy atom. The second-order valence-corrected chi connectivity index (χ2v) is 6.59. The van der Waals surface area contributed by atoms with Gasteiger partial charge in [0.05, 0.1) is 11.3 Å². The molecule has 4 N–H and O–H groups in total. The molecule has 1 aliphatic heterocycles. The van der Waals surface area contributed by atoms with Crippen LogP contribution in [0.15, 0.2) is 27.4 Å². The van der Waals surface area contributed by atoms with E-state index in [1.807, 2.05) is 0 Å². The summed E-state index contributed by atoms with van der Waals surface area (Å²) in [7, 11) is 0. The molecule has 2 aromatic rings. The zero-order valence-corrected chi connectivity index (χ0v) is 13.9. The predicted octanol–water partition coefficient (Wildman–Crippen LogP) is -0.823. The number of carbonyl (C=O) groups is 1. The summed E-state index contributed by atoms with van der Waals surface area (Å²) in [6.07, 6.45) is -5.00. The van der Waals surface area contributed by atoms with E-state index in [0.717, 1.165) is 11.3 Å². The summed E-state index contributed by atoms with van der Waals surface area (Å²) in [6, 6.07) is 3.60. The number of aliphatic hydroxyl groups excluding tert-OH is 3. The molecule has 1 fully saturated rings. The average molecular weight is 371 g/mol. The van der Waals surface area contributed by atoms with Crippen LogP contribution in [0.2, 0.25) is 0 Å². The minimum atomic E-state index is -1.39. The van der Waals surface area contributed by atoms with Crippen molar-refractivity contribution in [2.45, 2.75) is 37.6 Å². The molecule has 1 amide bonds. The number of amides is 1. The van der Waals surface area contributed by atoms with Gasteiger partial charge in [-0.1, -0.05) is 11.3 Å². The third kappa shape index (κ3) is 3.67. The van der Waals surface area contributed by atoms with Crippen molar-refractivity contribution in [1.82, 2.24) is 5.32 Å². The van der Waals surface area contributed by atoms with Crippen LogP contribution in [0.3, 0.4) is 0 Å². The van der Waals surface area contributed by atoms with Crippen molar-refractivity contribution >= 4 is 27.5 Å². The summed E-state index contributed by atoms with van der Waals surface area (Å²) in [5.74, 6) is -0.135. The first kappa shape index (κ1) is 17.8. The van der Waals surface area contributed by atoms with Crippen LogP contribution in [0.1, 0.15) is 6.92 Å². The molecule has 1 saturated heterocycles. The molecule has 25 heavy (non-hydrogen) atoms. The van der Waals surface area contributed by atoms with E-state index >= 15 is 0 Å². The molecule has 5 atom stereocenters. The van der Waals surface area contributed by atoms with Crippen molar-refractivity contribution in [3.05, 3.63) is 27.9 Å². The minimum absolute atomic E-state index is 0.310. The molecular weight excluding hydrogens is 354 g/mol. The SMILES string of the molecule is CC(=O)N[C@H]1[C@@H](Oc2ccc3oc(=O)sc3c2)O[C@H](CO)[C@H](O)[C@H]1O. The van der Waals surface area contributed by atoms with E-state index in [-0.39, 0.29) is 0 Å². The first-order valence-corrected chi connectivity index (χ1v) is 8.30. The van der Waals surface area contributed by atoms with Crippen molar-refractivity contribution in [3.63, 3.8) is 0 Å². The first-order valence-electron chi connectivity index (χ1n) is 7.49. The predicted molar refractivity (Wildman–Crippen MR) is 86.4 cm³/mol. The molecular formula is C15H17NO8S. The fraction of sp³-hybridized carbons (Fsp3) is 0.467. The second kappa shape index (κ2) is 7.10. The van der Waals surface area contributed by atoms with Crippen LogP contribution in [0.5, 0.6) is 5.75 Å². The Hall–Kier alpha value is -1.98. The van der Waals surface area contributed by atoms with Gasteiger partial charge in [-0.3, -0.25) is 4.79 Å². The van der Waals surface area contributed by atoms with Crippen LogP contribution in [0.4, 0.5) is 0 Å². The normalized spacial score (nSPS) is 29.5. The van der Waals surface area contributed by atoms with E-state index in [1.54, 1.807) is 12.1 Å². The Balaban J connectivity index is 1.86. The number of nitrogens with one attached hydrogen (secondary N) is 1. The monoisotopic (exact) mass is 371 g/mol. The lowest BCUT2D eigenvalue weighted by atomic mass is 9.97. The minimum Gasteiger partial charge on any atom is -0.463 e. The van der Waals surface area contributed by atoms with Crippen molar-refractivity contribution in [2.24, 2.45) is 0 Å². The fourth-order valence-corrected chi connectivity index (χ4v) is 3.33. The highest BCUT2D eigenvalue weighted by atomic mass is 32.1. The number of aliphatic hydroxyl groups is 3. The largest absolute Gasteiger partial charge is 0.463 e. The van der Waals surface area contributed by atoms with Crippen molar-refractivity contribution in [3.8, 4) is 5.75 Å². The highest BCUT2D eigenvalue weighted by Gasteiger charge is 2.46. The average Bonchev–Trinajstić information content (AvgIpc) is 2.93. The number of fused-ring (bicyclic) bond motifs is 1. The van der Waals surface area contributed by atoms with E-state index in [9.17, 15) is 24.9 Å². The molecule has 3 rings (SSSR count). The van der Waals surface area contributed by atoms with Gasteiger partial charge < -0.3 is 34.5 Å². The van der Waals surface area contributed by atoms with Crippen LogP contribution in [-0.2, 0) is 9.53 Å². The molecule has 9 nitrogen and oxygen atoms in total. The van der Waals surface area contributed by atoms with Gasteiger partial charge in [0, 0.05) is 13.0 Å². The van der Waals surface area contributed by atoms with Gasteiger partial charge in [-0.2, -0.15) is 0 Å². The van der Waals surface area contributed by atoms with Crippen LogP contribution < -0.4 is 15.0 Å². The van der Waals surface area contributed by atoms with Gasteiger partial charge in [0.2, 0.25) is 12.2 Å². The Morgan fingerprint density at radius 1 is 1.36 bits per heavy atom. The standard InChI is InChI=1S/C15H17NO8S/c1-6(18)16-11-13(20)12(19)9(5-17)23-14(11)22-7-2-3-8-10(4-7)25-15(21)24-8/h2-4,9,11-14,17,19-20H,5H2,1H3,(H,16,18)/t9-,11-,12+,13+,14+/m1/s1. The van der Waals surface area contributed by atoms with Gasteiger partial charge >= 0.3 is 4.94 Å². The van der Waals surface area contributed by atoms with Crippen LogP contribution in [0.25, 0.3) is 10.3 Å². The summed E-state index contributed by atoms with van der Waals surface area (Å²) in [5, 5.41) is 31.9. The quantitative estimate of drug-likeness (QED) is 0.547. The summed E-state index contributed by atoms with van der Waals surface area (Å²) in [4.78, 5) is 22.2. The molecule has 0 radical (unpaired) electrons. The Labute approximate surface area is 145 Å². The van der Waals surface area contributed by atoms with Gasteiger partial charge in [-0.15, -0.1) is 0 Å². The molecule has 0 aliphatic carbocycles. The molecule has 0 spiro atoms. The van der Waals surface area contributed by atoms with Crippen LogP contribution in [-0.4, -0.2) is 58.5 Å². The van der Waals surface area contributed by atoms with E-state index in [4.69, 9.17) is 13.9 Å². The maximum Gasteiger partial charge on any atom is 0.396 e. The van der Waals surface area contributed by atoms with E-state index in [2.05, 4.69) is 5.32 Å². The molecule has 0 bridgehead atoms. The van der Waals surface area contributed by atoms with Gasteiger partial charge in [0.1, 0.15) is 35.7 Å². The number of ether oxygens (including phenoxy) is 2. The highest BCUT2D eigenvalue weighted by Crippen LogP contribution is 2.27. The number of hydrogen-bond donors (Lipinski definition) is 4. The molecule has 1 aliphatic rings. The summed E-state index contributed by atoms with van der Waals surface area (Å²) in [6.45, 7) is 0.719.